The van der Waals surface area contributed by atoms with Crippen molar-refractivity contribution in [2.45, 2.75) is 71.1 Å². The van der Waals surface area contributed by atoms with Crippen LogP contribution >= 0.6 is 0 Å². The van der Waals surface area contributed by atoms with Gasteiger partial charge in [0.2, 0.25) is 11.2 Å². The number of esters is 1. The number of hydrogen-bond donors (Lipinski definition) is 4. The first-order valence-corrected chi connectivity index (χ1v) is 12.1. The minimum Gasteiger partial charge on any atom is -0.508 e. The highest BCUT2D eigenvalue weighted by Crippen LogP contribution is 2.38. The molecule has 0 fully saturated rings. The summed E-state index contributed by atoms with van der Waals surface area (Å²) in [7, 11) is 0. The third-order valence-electron chi connectivity index (χ3n) is 5.87. The van der Waals surface area contributed by atoms with Crippen molar-refractivity contribution in [3.05, 3.63) is 40.6 Å². The molecule has 0 atom stereocenters. The Hall–Kier alpha value is -3.68. The number of fused-ring (bicyclic) bond motifs is 1. The molecular formula is C27H32O8. The predicted molar refractivity (Wildman–Crippen MR) is 132 cm³/mol. The predicted octanol–water partition coefficient (Wildman–Crippen LogP) is 6.11. The Morgan fingerprint density at radius 1 is 0.857 bits per heavy atom. The van der Waals surface area contributed by atoms with Crippen molar-refractivity contribution >= 4 is 16.9 Å². The number of rotatable bonds is 12. The van der Waals surface area contributed by atoms with Crippen LogP contribution in [-0.2, 0) is 4.79 Å². The first kappa shape index (κ1) is 25.9. The number of benzene rings is 2. The first-order valence-electron chi connectivity index (χ1n) is 12.1. The molecule has 8 nitrogen and oxygen atoms in total. The SMILES string of the molecule is CCCCCCCCCCCC(=O)Oc1cc(O)cc2oc(-c3ccc(O)c(O)c3)c(O)c(=O)c12. The second-order valence-electron chi connectivity index (χ2n) is 8.68. The zero-order chi connectivity index (χ0) is 25.4. The molecule has 0 unspecified atom stereocenters. The molecule has 0 bridgehead atoms. The summed E-state index contributed by atoms with van der Waals surface area (Å²) in [5.41, 5.74) is -0.843. The van der Waals surface area contributed by atoms with E-state index in [-0.39, 0.29) is 46.0 Å². The average Bonchev–Trinajstić information content (AvgIpc) is 2.81. The highest BCUT2D eigenvalue weighted by Gasteiger charge is 2.21. The zero-order valence-electron chi connectivity index (χ0n) is 19.9. The summed E-state index contributed by atoms with van der Waals surface area (Å²) in [4.78, 5) is 25.3. The molecule has 188 valence electrons. The van der Waals surface area contributed by atoms with Gasteiger partial charge in [-0.2, -0.15) is 0 Å². The molecule has 0 spiro atoms. The monoisotopic (exact) mass is 484 g/mol. The normalized spacial score (nSPS) is 11.1. The van der Waals surface area contributed by atoms with Gasteiger partial charge >= 0.3 is 5.97 Å². The van der Waals surface area contributed by atoms with Gasteiger partial charge in [-0.3, -0.25) is 9.59 Å². The number of carbonyl (C=O) groups excluding carboxylic acids is 1. The van der Waals surface area contributed by atoms with Crippen LogP contribution in [0.1, 0.15) is 71.1 Å². The molecule has 0 aliphatic rings. The number of phenolic OH excluding ortho intramolecular Hbond substituents is 3. The highest BCUT2D eigenvalue weighted by molar-refractivity contribution is 5.90. The molecule has 0 radical (unpaired) electrons. The summed E-state index contributed by atoms with van der Waals surface area (Å²) in [6.07, 6.45) is 10.1. The maximum Gasteiger partial charge on any atom is 0.311 e. The molecule has 8 heteroatoms. The molecule has 0 aliphatic carbocycles. The number of ether oxygens (including phenoxy) is 1. The van der Waals surface area contributed by atoms with E-state index in [4.69, 9.17) is 9.15 Å². The lowest BCUT2D eigenvalue weighted by Crippen LogP contribution is -2.11. The van der Waals surface area contributed by atoms with Crippen molar-refractivity contribution in [2.75, 3.05) is 0 Å². The van der Waals surface area contributed by atoms with Gasteiger partial charge in [0.1, 0.15) is 22.5 Å². The topological polar surface area (TPSA) is 137 Å². The van der Waals surface area contributed by atoms with E-state index in [2.05, 4.69) is 6.92 Å². The number of unbranched alkanes of at least 4 members (excludes halogenated alkanes) is 8. The lowest BCUT2D eigenvalue weighted by atomic mass is 10.1. The van der Waals surface area contributed by atoms with Gasteiger partial charge in [0.25, 0.3) is 0 Å². The van der Waals surface area contributed by atoms with E-state index in [9.17, 15) is 30.0 Å². The van der Waals surface area contributed by atoms with E-state index < -0.39 is 22.9 Å². The molecule has 3 aromatic rings. The molecule has 0 saturated carbocycles. The van der Waals surface area contributed by atoms with Crippen LogP contribution in [-0.4, -0.2) is 26.4 Å². The summed E-state index contributed by atoms with van der Waals surface area (Å²) in [6, 6.07) is 5.93. The Labute approximate surface area is 203 Å². The maximum absolute atomic E-state index is 12.9. The Morgan fingerprint density at radius 2 is 1.51 bits per heavy atom. The van der Waals surface area contributed by atoms with Crippen LogP contribution in [0.3, 0.4) is 0 Å². The molecule has 1 heterocycles. The van der Waals surface area contributed by atoms with Gasteiger partial charge in [0.05, 0.1) is 0 Å². The van der Waals surface area contributed by atoms with Gasteiger partial charge in [-0.25, -0.2) is 0 Å². The van der Waals surface area contributed by atoms with Gasteiger partial charge in [0.15, 0.2) is 17.3 Å². The Balaban J connectivity index is 1.70. The van der Waals surface area contributed by atoms with Crippen LogP contribution in [0.25, 0.3) is 22.3 Å². The Morgan fingerprint density at radius 3 is 2.17 bits per heavy atom. The van der Waals surface area contributed by atoms with Crippen molar-refractivity contribution in [1.82, 2.24) is 0 Å². The van der Waals surface area contributed by atoms with Crippen LogP contribution in [0.15, 0.2) is 39.5 Å². The minimum absolute atomic E-state index is 0.110. The van der Waals surface area contributed by atoms with E-state index in [1.165, 1.54) is 44.2 Å². The van der Waals surface area contributed by atoms with Crippen LogP contribution in [0.4, 0.5) is 0 Å². The second kappa shape index (κ2) is 12.1. The van der Waals surface area contributed by atoms with E-state index >= 15 is 0 Å². The molecule has 35 heavy (non-hydrogen) atoms. The zero-order valence-corrected chi connectivity index (χ0v) is 19.9. The van der Waals surface area contributed by atoms with Gasteiger partial charge < -0.3 is 29.6 Å². The average molecular weight is 485 g/mol. The molecule has 3 rings (SSSR count). The van der Waals surface area contributed by atoms with E-state index in [0.29, 0.717) is 6.42 Å². The smallest absolute Gasteiger partial charge is 0.311 e. The standard InChI is InChI=1S/C27H32O8/c1-2-3-4-5-6-7-8-9-10-11-23(31)34-21-15-18(28)16-22-24(21)25(32)26(33)27(35-22)17-12-13-19(29)20(30)14-17/h12-16,28-30,33H,2-11H2,1H3. The van der Waals surface area contributed by atoms with Crippen LogP contribution < -0.4 is 10.2 Å². The van der Waals surface area contributed by atoms with Crippen molar-refractivity contribution in [2.24, 2.45) is 0 Å². The van der Waals surface area contributed by atoms with Crippen molar-refractivity contribution < 1.29 is 34.4 Å². The van der Waals surface area contributed by atoms with E-state index in [0.717, 1.165) is 37.5 Å². The summed E-state index contributed by atoms with van der Waals surface area (Å²) in [6.45, 7) is 2.19. The lowest BCUT2D eigenvalue weighted by Gasteiger charge is -2.11. The van der Waals surface area contributed by atoms with E-state index in [1.807, 2.05) is 0 Å². The highest BCUT2D eigenvalue weighted by atomic mass is 16.5. The minimum atomic E-state index is -0.861. The molecule has 0 amide bonds. The summed E-state index contributed by atoms with van der Waals surface area (Å²) >= 11 is 0. The lowest BCUT2D eigenvalue weighted by molar-refractivity contribution is -0.134. The number of phenols is 3. The maximum atomic E-state index is 12.9. The summed E-state index contributed by atoms with van der Waals surface area (Å²) in [5, 5.41) is 39.6. The fourth-order valence-electron chi connectivity index (χ4n) is 3.95. The molecule has 0 aliphatic heterocycles. The number of aromatic hydroxyl groups is 4. The summed E-state index contributed by atoms with van der Waals surface area (Å²) < 4.78 is 11.0. The molecule has 4 N–H and O–H groups in total. The van der Waals surface area contributed by atoms with Crippen LogP contribution in [0.2, 0.25) is 0 Å². The Kier molecular flexibility index (Phi) is 9.00. The van der Waals surface area contributed by atoms with Gasteiger partial charge in [-0.1, -0.05) is 58.3 Å². The summed E-state index contributed by atoms with van der Waals surface area (Å²) in [5.74, 6) is -2.92. The molecule has 2 aromatic carbocycles. The third-order valence-corrected chi connectivity index (χ3v) is 5.87. The van der Waals surface area contributed by atoms with Crippen molar-refractivity contribution in [3.8, 4) is 40.1 Å². The largest absolute Gasteiger partial charge is 0.508 e. The van der Waals surface area contributed by atoms with Crippen LogP contribution in [0.5, 0.6) is 28.7 Å². The van der Waals surface area contributed by atoms with E-state index in [1.54, 1.807) is 0 Å². The molecular weight excluding hydrogens is 452 g/mol. The number of hydrogen-bond acceptors (Lipinski definition) is 8. The molecule has 0 saturated heterocycles. The van der Waals surface area contributed by atoms with Gasteiger partial charge in [0, 0.05) is 24.1 Å². The van der Waals surface area contributed by atoms with Crippen molar-refractivity contribution in [3.63, 3.8) is 0 Å². The fraction of sp³-hybridized carbons (Fsp3) is 0.407. The Bertz CT molecular complexity index is 1230. The van der Waals surface area contributed by atoms with Gasteiger partial charge in [-0.15, -0.1) is 0 Å². The third kappa shape index (κ3) is 6.68. The van der Waals surface area contributed by atoms with Gasteiger partial charge in [-0.05, 0) is 24.6 Å². The molecule has 1 aromatic heterocycles. The van der Waals surface area contributed by atoms with Crippen molar-refractivity contribution in [1.29, 1.82) is 0 Å². The number of carbonyl (C=O) groups is 1. The fourth-order valence-corrected chi connectivity index (χ4v) is 3.95. The second-order valence-corrected chi connectivity index (χ2v) is 8.68. The first-order chi connectivity index (χ1) is 16.8. The quantitative estimate of drug-likeness (QED) is 0.105. The van der Waals surface area contributed by atoms with Crippen LogP contribution in [0, 0.1) is 0 Å².